The van der Waals surface area contributed by atoms with E-state index in [2.05, 4.69) is 52.2 Å². The van der Waals surface area contributed by atoms with Crippen molar-refractivity contribution in [2.45, 2.75) is 32.2 Å². The van der Waals surface area contributed by atoms with Crippen LogP contribution in [0.3, 0.4) is 0 Å². The van der Waals surface area contributed by atoms with Gasteiger partial charge in [0.15, 0.2) is 0 Å². The Hall–Kier alpha value is -1.13. The van der Waals surface area contributed by atoms with Gasteiger partial charge in [0, 0.05) is 19.0 Å². The first-order valence-corrected chi connectivity index (χ1v) is 7.19. The lowest BCUT2D eigenvalue weighted by atomic mass is 9.89. The molecular weight excluding hydrogens is 302 g/mol. The van der Waals surface area contributed by atoms with Crippen LogP contribution < -0.4 is 5.73 Å². The maximum Gasteiger partial charge on any atom is 0.0738 e. The van der Waals surface area contributed by atoms with Crippen LogP contribution >= 0.6 is 15.9 Å². The third kappa shape index (κ3) is 3.45. The fraction of sp³-hybridized carbons (Fsp3) is 0.400. The van der Waals surface area contributed by atoms with Crippen LogP contribution in [0.25, 0.3) is 0 Å². The lowest BCUT2D eigenvalue weighted by Crippen LogP contribution is -2.41. The fourth-order valence-electron chi connectivity index (χ4n) is 2.38. The van der Waals surface area contributed by atoms with E-state index >= 15 is 0 Å². The SMILES string of the molecule is Cc1nn(C)c(CC(C)(N)Cc2ccccc2)c1Br. The van der Waals surface area contributed by atoms with Crippen molar-refractivity contribution in [2.75, 3.05) is 0 Å². The highest BCUT2D eigenvalue weighted by atomic mass is 79.9. The molecule has 0 aliphatic rings. The fourth-order valence-corrected chi connectivity index (χ4v) is 2.86. The van der Waals surface area contributed by atoms with Gasteiger partial charge in [0.1, 0.15) is 0 Å². The van der Waals surface area contributed by atoms with E-state index < -0.39 is 0 Å². The Morgan fingerprint density at radius 3 is 2.42 bits per heavy atom. The first kappa shape index (κ1) is 14.3. The van der Waals surface area contributed by atoms with Gasteiger partial charge in [-0.25, -0.2) is 0 Å². The molecule has 1 atom stereocenters. The van der Waals surface area contributed by atoms with E-state index in [9.17, 15) is 0 Å². The predicted molar refractivity (Wildman–Crippen MR) is 82.1 cm³/mol. The number of halogens is 1. The third-order valence-corrected chi connectivity index (χ3v) is 4.32. The third-order valence-electron chi connectivity index (χ3n) is 3.28. The number of rotatable bonds is 4. The molecule has 3 nitrogen and oxygen atoms in total. The van der Waals surface area contributed by atoms with E-state index in [1.807, 2.05) is 24.7 Å². The van der Waals surface area contributed by atoms with Crippen molar-refractivity contribution in [1.82, 2.24) is 9.78 Å². The number of hydrogen-bond acceptors (Lipinski definition) is 2. The second-order valence-corrected chi connectivity index (χ2v) is 6.26. The largest absolute Gasteiger partial charge is 0.325 e. The van der Waals surface area contributed by atoms with Gasteiger partial charge in [-0.1, -0.05) is 30.3 Å². The van der Waals surface area contributed by atoms with Gasteiger partial charge in [-0.15, -0.1) is 0 Å². The van der Waals surface area contributed by atoms with E-state index in [-0.39, 0.29) is 5.54 Å². The highest BCUT2D eigenvalue weighted by Gasteiger charge is 2.24. The van der Waals surface area contributed by atoms with Gasteiger partial charge in [0.05, 0.1) is 15.9 Å². The van der Waals surface area contributed by atoms with Crippen LogP contribution in [0.2, 0.25) is 0 Å². The van der Waals surface area contributed by atoms with Crippen LogP contribution in [-0.4, -0.2) is 15.3 Å². The van der Waals surface area contributed by atoms with Gasteiger partial charge >= 0.3 is 0 Å². The van der Waals surface area contributed by atoms with Crippen LogP contribution in [0, 0.1) is 6.92 Å². The predicted octanol–water partition coefficient (Wildman–Crippen LogP) is 2.99. The Morgan fingerprint density at radius 1 is 1.26 bits per heavy atom. The second-order valence-electron chi connectivity index (χ2n) is 5.46. The number of aryl methyl sites for hydroxylation is 2. The second kappa shape index (κ2) is 5.47. The molecule has 0 bridgehead atoms. The van der Waals surface area contributed by atoms with Gasteiger partial charge in [0.2, 0.25) is 0 Å². The minimum absolute atomic E-state index is 0.288. The summed E-state index contributed by atoms with van der Waals surface area (Å²) in [5.41, 5.74) is 9.60. The first-order valence-electron chi connectivity index (χ1n) is 6.40. The van der Waals surface area contributed by atoms with Crippen molar-refractivity contribution in [3.05, 3.63) is 51.8 Å². The zero-order valence-corrected chi connectivity index (χ0v) is 13.2. The molecule has 0 amide bonds. The molecule has 0 saturated heterocycles. The van der Waals surface area contributed by atoms with E-state index in [0.717, 1.165) is 28.7 Å². The highest BCUT2D eigenvalue weighted by Crippen LogP contribution is 2.25. The molecule has 4 heteroatoms. The zero-order chi connectivity index (χ0) is 14.0. The summed E-state index contributed by atoms with van der Waals surface area (Å²) >= 11 is 3.60. The number of nitrogens with two attached hydrogens (primary N) is 1. The van der Waals surface area contributed by atoms with Gasteiger partial charge in [-0.3, -0.25) is 4.68 Å². The smallest absolute Gasteiger partial charge is 0.0738 e. The molecule has 0 saturated carbocycles. The summed E-state index contributed by atoms with van der Waals surface area (Å²) in [6.45, 7) is 4.09. The summed E-state index contributed by atoms with van der Waals surface area (Å²) in [4.78, 5) is 0. The van der Waals surface area contributed by atoms with Crippen molar-refractivity contribution < 1.29 is 0 Å². The quantitative estimate of drug-likeness (QED) is 0.940. The Balaban J connectivity index is 2.17. The van der Waals surface area contributed by atoms with E-state index in [1.165, 1.54) is 5.56 Å². The summed E-state index contributed by atoms with van der Waals surface area (Å²) in [6, 6.07) is 10.4. The molecule has 19 heavy (non-hydrogen) atoms. The van der Waals surface area contributed by atoms with Gasteiger partial charge < -0.3 is 5.73 Å². The minimum Gasteiger partial charge on any atom is -0.325 e. The number of nitrogens with zero attached hydrogens (tertiary/aromatic N) is 2. The molecule has 0 aliphatic carbocycles. The Labute approximate surface area is 122 Å². The van der Waals surface area contributed by atoms with Gasteiger partial charge in [-0.05, 0) is 41.8 Å². The molecule has 2 rings (SSSR count). The Morgan fingerprint density at radius 2 is 1.89 bits per heavy atom. The van der Waals surface area contributed by atoms with Crippen molar-refractivity contribution in [2.24, 2.45) is 12.8 Å². The summed E-state index contributed by atoms with van der Waals surface area (Å²) in [7, 11) is 1.96. The number of benzene rings is 1. The van der Waals surface area contributed by atoms with E-state index in [0.29, 0.717) is 0 Å². The molecule has 1 heterocycles. The lowest BCUT2D eigenvalue weighted by molar-refractivity contribution is 0.447. The maximum atomic E-state index is 6.47. The molecule has 1 aromatic carbocycles. The topological polar surface area (TPSA) is 43.8 Å². The average molecular weight is 322 g/mol. The first-order chi connectivity index (χ1) is 8.89. The molecule has 2 aromatic rings. The van der Waals surface area contributed by atoms with E-state index in [1.54, 1.807) is 0 Å². The molecule has 0 aliphatic heterocycles. The van der Waals surface area contributed by atoms with Gasteiger partial charge in [0.25, 0.3) is 0 Å². The molecule has 0 spiro atoms. The molecule has 2 N–H and O–H groups in total. The van der Waals surface area contributed by atoms with Crippen LogP contribution in [0.15, 0.2) is 34.8 Å². The lowest BCUT2D eigenvalue weighted by Gasteiger charge is -2.25. The molecular formula is C15H20BrN3. The summed E-state index contributed by atoms with van der Waals surface area (Å²) in [5.74, 6) is 0. The number of hydrogen-bond donors (Lipinski definition) is 1. The Bertz CT molecular complexity index is 558. The number of aromatic nitrogens is 2. The normalized spacial score (nSPS) is 14.4. The summed E-state index contributed by atoms with van der Waals surface area (Å²) in [5, 5.41) is 4.42. The average Bonchev–Trinajstić information content (AvgIpc) is 2.56. The van der Waals surface area contributed by atoms with Crippen molar-refractivity contribution in [3.63, 3.8) is 0 Å². The van der Waals surface area contributed by atoms with Crippen LogP contribution in [0.1, 0.15) is 23.9 Å². The standard InChI is InChI=1S/C15H20BrN3/c1-11-14(16)13(19(3)18-11)10-15(2,17)9-12-7-5-4-6-8-12/h4-8H,9-10,17H2,1-3H3. The monoisotopic (exact) mass is 321 g/mol. The van der Waals surface area contributed by atoms with Crippen molar-refractivity contribution in [1.29, 1.82) is 0 Å². The Kier molecular flexibility index (Phi) is 4.11. The minimum atomic E-state index is -0.288. The van der Waals surface area contributed by atoms with E-state index in [4.69, 9.17) is 5.73 Å². The van der Waals surface area contributed by atoms with Gasteiger partial charge in [-0.2, -0.15) is 5.10 Å². The molecule has 102 valence electrons. The highest BCUT2D eigenvalue weighted by molar-refractivity contribution is 9.10. The van der Waals surface area contributed by atoms with Crippen LogP contribution in [-0.2, 0) is 19.9 Å². The summed E-state index contributed by atoms with van der Waals surface area (Å²) < 4.78 is 2.98. The molecule has 1 aromatic heterocycles. The maximum absolute atomic E-state index is 6.47. The molecule has 0 fully saturated rings. The summed E-state index contributed by atoms with van der Waals surface area (Å²) in [6.07, 6.45) is 1.64. The van der Waals surface area contributed by atoms with Crippen LogP contribution in [0.4, 0.5) is 0 Å². The van der Waals surface area contributed by atoms with Crippen molar-refractivity contribution in [3.8, 4) is 0 Å². The van der Waals surface area contributed by atoms with Crippen molar-refractivity contribution >= 4 is 15.9 Å². The molecule has 1 unspecified atom stereocenters. The zero-order valence-electron chi connectivity index (χ0n) is 11.7. The molecule has 0 radical (unpaired) electrons. The van der Waals surface area contributed by atoms with Crippen LogP contribution in [0.5, 0.6) is 0 Å².